The average molecular weight is 231 g/mol. The van der Waals surface area contributed by atoms with E-state index in [4.69, 9.17) is 0 Å². The maximum Gasteiger partial charge on any atom is 0.523 e. The van der Waals surface area contributed by atoms with Crippen molar-refractivity contribution in [2.45, 2.75) is 18.0 Å². The molecular weight excluding hydrogens is 223 g/mol. The van der Waals surface area contributed by atoms with E-state index < -0.39 is 21.7 Å². The Labute approximate surface area is 78.9 Å². The summed E-state index contributed by atoms with van der Waals surface area (Å²) in [5.74, 6) is 0. The van der Waals surface area contributed by atoms with Crippen molar-refractivity contribution in [1.82, 2.24) is 5.32 Å². The Hall–Kier alpha value is -0.760. The number of hydrogen-bond acceptors (Lipinski definition) is 4. The molecule has 0 radical (unpaired) electrons. The van der Waals surface area contributed by atoms with Crippen LogP contribution in [0.25, 0.3) is 0 Å². The van der Waals surface area contributed by atoms with Crippen molar-refractivity contribution in [3.63, 3.8) is 0 Å². The summed E-state index contributed by atoms with van der Waals surface area (Å²) in [5.41, 5.74) is -5.36. The van der Waals surface area contributed by atoms with Gasteiger partial charge in [0.1, 0.15) is 0 Å². The minimum Gasteiger partial charge on any atom is -0.391 e. The SMILES string of the molecule is O=S(=O)(OC1C=CNCC1)C(F)(F)F. The lowest BCUT2D eigenvalue weighted by atomic mass is 10.2. The summed E-state index contributed by atoms with van der Waals surface area (Å²) < 4.78 is 60.5. The van der Waals surface area contributed by atoms with Crippen LogP contribution in [0.1, 0.15) is 6.42 Å². The van der Waals surface area contributed by atoms with Gasteiger partial charge in [-0.3, -0.25) is 4.18 Å². The Morgan fingerprint density at radius 3 is 2.50 bits per heavy atom. The van der Waals surface area contributed by atoms with Gasteiger partial charge in [0.2, 0.25) is 0 Å². The van der Waals surface area contributed by atoms with E-state index in [1.165, 1.54) is 12.3 Å². The molecule has 0 fully saturated rings. The predicted molar refractivity (Wildman–Crippen MR) is 41.6 cm³/mol. The number of hydrogen-bond donors (Lipinski definition) is 1. The van der Waals surface area contributed by atoms with E-state index in [0.29, 0.717) is 6.54 Å². The van der Waals surface area contributed by atoms with E-state index in [-0.39, 0.29) is 6.42 Å². The Morgan fingerprint density at radius 1 is 1.43 bits per heavy atom. The summed E-state index contributed by atoms with van der Waals surface area (Å²) in [6.07, 6.45) is 1.74. The van der Waals surface area contributed by atoms with Crippen LogP contribution in [0.3, 0.4) is 0 Å². The number of halogens is 3. The Bertz CT molecular complexity index is 322. The summed E-state index contributed by atoms with van der Waals surface area (Å²) in [6.45, 7) is 0.383. The van der Waals surface area contributed by atoms with Gasteiger partial charge in [0, 0.05) is 6.54 Å². The van der Waals surface area contributed by atoms with Crippen molar-refractivity contribution >= 4 is 10.1 Å². The predicted octanol–water partition coefficient (Wildman–Crippen LogP) is 0.728. The quantitative estimate of drug-likeness (QED) is 0.562. The molecule has 1 aliphatic rings. The zero-order valence-electron chi connectivity index (χ0n) is 6.91. The Balaban J connectivity index is 2.68. The second-order valence-electron chi connectivity index (χ2n) is 2.64. The highest BCUT2D eigenvalue weighted by atomic mass is 32.2. The maximum atomic E-state index is 11.8. The fraction of sp³-hybridized carbons (Fsp3) is 0.667. The molecule has 1 unspecified atom stereocenters. The second kappa shape index (κ2) is 3.77. The molecule has 0 aromatic heterocycles. The van der Waals surface area contributed by atoms with Crippen molar-refractivity contribution in [3.05, 3.63) is 12.3 Å². The molecule has 1 heterocycles. The number of nitrogens with one attached hydrogen (secondary N) is 1. The first-order valence-electron chi connectivity index (χ1n) is 3.72. The zero-order valence-corrected chi connectivity index (χ0v) is 7.73. The molecule has 82 valence electrons. The van der Waals surface area contributed by atoms with Crippen molar-refractivity contribution in [2.75, 3.05) is 6.54 Å². The summed E-state index contributed by atoms with van der Waals surface area (Å²) >= 11 is 0. The molecule has 0 aliphatic carbocycles. The minimum absolute atomic E-state index is 0.186. The summed E-state index contributed by atoms with van der Waals surface area (Å²) in [5, 5.41) is 2.70. The van der Waals surface area contributed by atoms with Gasteiger partial charge in [-0.2, -0.15) is 21.6 Å². The first-order valence-corrected chi connectivity index (χ1v) is 5.13. The lowest BCUT2D eigenvalue weighted by Gasteiger charge is -2.18. The Kier molecular flexibility index (Phi) is 3.05. The molecule has 0 bridgehead atoms. The van der Waals surface area contributed by atoms with Crippen LogP contribution in [0.2, 0.25) is 0 Å². The molecule has 1 atom stereocenters. The van der Waals surface area contributed by atoms with Crippen LogP contribution in [-0.2, 0) is 14.3 Å². The van der Waals surface area contributed by atoms with Gasteiger partial charge in [0.25, 0.3) is 0 Å². The van der Waals surface area contributed by atoms with Crippen LogP contribution in [0, 0.1) is 0 Å². The Morgan fingerprint density at radius 2 is 2.07 bits per heavy atom. The fourth-order valence-corrected chi connectivity index (χ4v) is 1.47. The normalized spacial score (nSPS) is 23.2. The molecule has 14 heavy (non-hydrogen) atoms. The standard InChI is InChI=1S/C6H8F3NO3S/c7-6(8,9)14(11,12)13-5-1-3-10-4-2-5/h1,3,5,10H,2,4H2. The largest absolute Gasteiger partial charge is 0.523 e. The second-order valence-corrected chi connectivity index (χ2v) is 4.20. The number of rotatable bonds is 2. The highest BCUT2D eigenvalue weighted by Gasteiger charge is 2.48. The lowest BCUT2D eigenvalue weighted by molar-refractivity contribution is -0.0562. The van der Waals surface area contributed by atoms with Crippen molar-refractivity contribution in [1.29, 1.82) is 0 Å². The molecule has 1 aliphatic heterocycles. The highest BCUT2D eigenvalue weighted by molar-refractivity contribution is 7.87. The van der Waals surface area contributed by atoms with Gasteiger partial charge in [-0.05, 0) is 18.7 Å². The maximum absolute atomic E-state index is 11.8. The van der Waals surface area contributed by atoms with Crippen molar-refractivity contribution in [3.8, 4) is 0 Å². The van der Waals surface area contributed by atoms with E-state index in [9.17, 15) is 21.6 Å². The average Bonchev–Trinajstić information content (AvgIpc) is 2.03. The summed E-state index contributed by atoms with van der Waals surface area (Å²) in [6, 6.07) is 0. The van der Waals surface area contributed by atoms with Crippen LogP contribution in [0.15, 0.2) is 12.3 Å². The summed E-state index contributed by atoms with van der Waals surface area (Å²) in [4.78, 5) is 0. The molecule has 1 rings (SSSR count). The summed E-state index contributed by atoms with van der Waals surface area (Å²) in [7, 11) is -5.48. The van der Waals surface area contributed by atoms with Crippen molar-refractivity contribution < 1.29 is 25.8 Å². The topological polar surface area (TPSA) is 55.4 Å². The van der Waals surface area contributed by atoms with Gasteiger partial charge in [-0.25, -0.2) is 0 Å². The van der Waals surface area contributed by atoms with Crippen LogP contribution < -0.4 is 5.32 Å². The van der Waals surface area contributed by atoms with E-state index >= 15 is 0 Å². The third-order valence-electron chi connectivity index (χ3n) is 1.54. The molecule has 4 nitrogen and oxygen atoms in total. The van der Waals surface area contributed by atoms with Gasteiger partial charge < -0.3 is 5.32 Å². The molecule has 0 saturated carbocycles. The third-order valence-corrected chi connectivity index (χ3v) is 2.60. The van der Waals surface area contributed by atoms with E-state index in [1.54, 1.807) is 0 Å². The van der Waals surface area contributed by atoms with Crippen LogP contribution in [-0.4, -0.2) is 26.6 Å². The molecule has 1 N–H and O–H groups in total. The van der Waals surface area contributed by atoms with E-state index in [1.807, 2.05) is 0 Å². The monoisotopic (exact) mass is 231 g/mol. The first kappa shape index (κ1) is 11.3. The number of alkyl halides is 3. The fourth-order valence-electron chi connectivity index (χ4n) is 0.878. The first-order chi connectivity index (χ1) is 6.33. The minimum atomic E-state index is -5.48. The van der Waals surface area contributed by atoms with Gasteiger partial charge in [0.05, 0.1) is 6.10 Å². The van der Waals surface area contributed by atoms with Crippen LogP contribution in [0.4, 0.5) is 13.2 Å². The lowest BCUT2D eigenvalue weighted by Crippen LogP contribution is -2.32. The van der Waals surface area contributed by atoms with Gasteiger partial charge in [-0.1, -0.05) is 0 Å². The van der Waals surface area contributed by atoms with Crippen LogP contribution >= 0.6 is 0 Å². The molecule has 8 heteroatoms. The van der Waals surface area contributed by atoms with E-state index in [0.717, 1.165) is 0 Å². The van der Waals surface area contributed by atoms with Gasteiger partial charge >= 0.3 is 15.6 Å². The molecule has 0 saturated heterocycles. The molecule has 0 aromatic rings. The smallest absolute Gasteiger partial charge is 0.391 e. The molecule has 0 amide bonds. The highest BCUT2D eigenvalue weighted by Crippen LogP contribution is 2.26. The van der Waals surface area contributed by atoms with Crippen molar-refractivity contribution in [2.24, 2.45) is 0 Å². The molecule has 0 spiro atoms. The van der Waals surface area contributed by atoms with Gasteiger partial charge in [-0.15, -0.1) is 0 Å². The molecular formula is C6H8F3NO3S. The van der Waals surface area contributed by atoms with E-state index in [2.05, 4.69) is 9.50 Å². The molecule has 0 aromatic carbocycles. The zero-order chi connectivity index (χ0) is 10.8. The third kappa shape index (κ3) is 2.61. The van der Waals surface area contributed by atoms with Gasteiger partial charge in [0.15, 0.2) is 0 Å². The van der Waals surface area contributed by atoms with Crippen LogP contribution in [0.5, 0.6) is 0 Å².